The maximum Gasteiger partial charge on any atom is 0.270 e. The zero-order chi connectivity index (χ0) is 19.1. The summed E-state index contributed by atoms with van der Waals surface area (Å²) >= 11 is 0. The Bertz CT molecular complexity index is 1110. The summed E-state index contributed by atoms with van der Waals surface area (Å²) < 4.78 is 7.04. The molecular weight excluding hydrogens is 356 g/mol. The molecule has 2 aliphatic rings. The molecule has 1 N–H and O–H groups in total. The molecule has 0 radical (unpaired) electrons. The molecule has 1 saturated heterocycles. The number of pyridine rings is 1. The van der Waals surface area contributed by atoms with Crippen LogP contribution in [-0.4, -0.2) is 39.9 Å². The summed E-state index contributed by atoms with van der Waals surface area (Å²) in [5.74, 6) is 0.168. The van der Waals surface area contributed by atoms with Crippen LogP contribution in [0, 0.1) is 0 Å². The molecule has 2 aromatic heterocycles. The van der Waals surface area contributed by atoms with Gasteiger partial charge in [0.2, 0.25) is 0 Å². The highest BCUT2D eigenvalue weighted by molar-refractivity contribution is 5.95. The molecule has 1 aromatic carbocycles. The van der Waals surface area contributed by atoms with Crippen LogP contribution in [0.1, 0.15) is 41.0 Å². The van der Waals surface area contributed by atoms with Gasteiger partial charge < -0.3 is 10.1 Å². The van der Waals surface area contributed by atoms with Crippen molar-refractivity contribution in [3.8, 4) is 0 Å². The first-order valence-corrected chi connectivity index (χ1v) is 9.53. The van der Waals surface area contributed by atoms with Crippen LogP contribution in [0.4, 0.5) is 0 Å². The van der Waals surface area contributed by atoms with Crippen LogP contribution in [-0.2, 0) is 4.74 Å². The highest BCUT2D eigenvalue weighted by atomic mass is 16.5. The van der Waals surface area contributed by atoms with Crippen molar-refractivity contribution in [2.75, 3.05) is 13.2 Å². The number of para-hydroxylation sites is 1. The molecule has 5 rings (SSSR count). The van der Waals surface area contributed by atoms with Gasteiger partial charge >= 0.3 is 0 Å². The molecule has 7 nitrogen and oxygen atoms in total. The zero-order valence-corrected chi connectivity index (χ0v) is 15.2. The van der Waals surface area contributed by atoms with Gasteiger partial charge in [0.1, 0.15) is 11.7 Å². The van der Waals surface area contributed by atoms with Crippen LogP contribution in [0.5, 0.6) is 0 Å². The average Bonchev–Trinajstić information content (AvgIpc) is 3.47. The van der Waals surface area contributed by atoms with E-state index in [9.17, 15) is 9.59 Å². The molecule has 0 bridgehead atoms. The first-order chi connectivity index (χ1) is 13.7. The van der Waals surface area contributed by atoms with E-state index >= 15 is 0 Å². The molecular formula is C21H20N4O3. The standard InChI is InChI=1S/C21H20N4O3/c26-20-10-9-16(14-5-6-14)24-25(20)19-12-28-11-18(19)23-21(27)17-8-7-13-3-1-2-4-15(13)22-17/h1-4,7-10,14,18-19H,5-6,11-12H2,(H,23,27). The van der Waals surface area contributed by atoms with E-state index in [1.807, 2.05) is 30.3 Å². The minimum atomic E-state index is -0.333. The Kier molecular flexibility index (Phi) is 4.16. The molecule has 28 heavy (non-hydrogen) atoms. The fraction of sp³-hybridized carbons (Fsp3) is 0.333. The third kappa shape index (κ3) is 3.18. The molecule has 3 heterocycles. The van der Waals surface area contributed by atoms with Crippen molar-refractivity contribution >= 4 is 16.8 Å². The Morgan fingerprint density at radius 3 is 2.79 bits per heavy atom. The molecule has 0 spiro atoms. The van der Waals surface area contributed by atoms with Crippen LogP contribution in [0.25, 0.3) is 10.9 Å². The fourth-order valence-electron chi connectivity index (χ4n) is 3.63. The number of amides is 1. The molecule has 1 aliphatic carbocycles. The highest BCUT2D eigenvalue weighted by Crippen LogP contribution is 2.38. The number of hydrogen-bond donors (Lipinski definition) is 1. The largest absolute Gasteiger partial charge is 0.377 e. The number of ether oxygens (including phenoxy) is 1. The van der Waals surface area contributed by atoms with E-state index in [4.69, 9.17) is 4.74 Å². The average molecular weight is 376 g/mol. The van der Waals surface area contributed by atoms with Gasteiger partial charge in [0.15, 0.2) is 0 Å². The number of fused-ring (bicyclic) bond motifs is 1. The van der Waals surface area contributed by atoms with Gasteiger partial charge in [0.05, 0.1) is 30.5 Å². The molecule has 1 aliphatic heterocycles. The zero-order valence-electron chi connectivity index (χ0n) is 15.2. The Morgan fingerprint density at radius 2 is 1.93 bits per heavy atom. The maximum absolute atomic E-state index is 12.8. The molecule has 2 unspecified atom stereocenters. The minimum Gasteiger partial charge on any atom is -0.377 e. The fourth-order valence-corrected chi connectivity index (χ4v) is 3.63. The van der Waals surface area contributed by atoms with E-state index in [0.717, 1.165) is 29.4 Å². The van der Waals surface area contributed by atoms with Crippen LogP contribution in [0.15, 0.2) is 53.3 Å². The predicted molar refractivity (Wildman–Crippen MR) is 103 cm³/mol. The number of aromatic nitrogens is 3. The highest BCUT2D eigenvalue weighted by Gasteiger charge is 2.34. The van der Waals surface area contributed by atoms with Crippen molar-refractivity contribution < 1.29 is 9.53 Å². The summed E-state index contributed by atoms with van der Waals surface area (Å²) in [7, 11) is 0. The summed E-state index contributed by atoms with van der Waals surface area (Å²) in [5.41, 5.74) is 1.87. The Labute approximate surface area is 161 Å². The Hall–Kier alpha value is -3.06. The van der Waals surface area contributed by atoms with Crippen LogP contribution < -0.4 is 10.9 Å². The lowest BCUT2D eigenvalue weighted by Crippen LogP contribution is -2.44. The van der Waals surface area contributed by atoms with E-state index in [-0.39, 0.29) is 23.6 Å². The second-order valence-corrected chi connectivity index (χ2v) is 7.39. The number of carbonyl (C=O) groups excluding carboxylic acids is 1. The quantitative estimate of drug-likeness (QED) is 0.753. The lowest BCUT2D eigenvalue weighted by Gasteiger charge is -2.20. The van der Waals surface area contributed by atoms with Gasteiger partial charge in [-0.3, -0.25) is 9.59 Å². The van der Waals surface area contributed by atoms with E-state index in [1.165, 1.54) is 4.68 Å². The van der Waals surface area contributed by atoms with Crippen LogP contribution in [0.2, 0.25) is 0 Å². The van der Waals surface area contributed by atoms with Gasteiger partial charge in [0, 0.05) is 17.4 Å². The number of rotatable bonds is 4. The number of benzene rings is 1. The molecule has 1 saturated carbocycles. The summed E-state index contributed by atoms with van der Waals surface area (Å²) in [4.78, 5) is 29.6. The first kappa shape index (κ1) is 17.1. The SMILES string of the molecule is O=C(NC1COCC1n1nc(C2CC2)ccc1=O)c1ccc2ccccc2n1. The van der Waals surface area contributed by atoms with Gasteiger partial charge in [-0.25, -0.2) is 9.67 Å². The number of carbonyl (C=O) groups is 1. The topological polar surface area (TPSA) is 86.1 Å². The lowest BCUT2D eigenvalue weighted by molar-refractivity contribution is 0.0920. The first-order valence-electron chi connectivity index (χ1n) is 9.53. The van der Waals surface area contributed by atoms with Crippen molar-refractivity contribution in [1.82, 2.24) is 20.1 Å². The minimum absolute atomic E-state index is 0.178. The molecule has 1 amide bonds. The van der Waals surface area contributed by atoms with Gasteiger partial charge in [-0.2, -0.15) is 5.10 Å². The normalized spacial score (nSPS) is 21.7. The van der Waals surface area contributed by atoms with Crippen molar-refractivity contribution in [2.45, 2.75) is 30.8 Å². The summed E-state index contributed by atoms with van der Waals surface area (Å²) in [6, 6.07) is 14.0. The van der Waals surface area contributed by atoms with Gasteiger partial charge in [-0.1, -0.05) is 24.3 Å². The van der Waals surface area contributed by atoms with Crippen LogP contribution >= 0.6 is 0 Å². The third-order valence-electron chi connectivity index (χ3n) is 5.35. The van der Waals surface area contributed by atoms with Crippen molar-refractivity contribution in [1.29, 1.82) is 0 Å². The molecule has 3 aromatic rings. The van der Waals surface area contributed by atoms with E-state index < -0.39 is 0 Å². The van der Waals surface area contributed by atoms with Gasteiger partial charge in [0.25, 0.3) is 11.5 Å². The number of hydrogen-bond acceptors (Lipinski definition) is 5. The van der Waals surface area contributed by atoms with Crippen molar-refractivity contribution in [2.24, 2.45) is 0 Å². The second kappa shape index (κ2) is 6.83. The van der Waals surface area contributed by atoms with Crippen molar-refractivity contribution in [3.63, 3.8) is 0 Å². The molecule has 7 heteroatoms. The lowest BCUT2D eigenvalue weighted by atomic mass is 10.1. The van der Waals surface area contributed by atoms with Crippen molar-refractivity contribution in [3.05, 3.63) is 70.3 Å². The number of nitrogens with one attached hydrogen (secondary N) is 1. The Morgan fingerprint density at radius 1 is 1.07 bits per heavy atom. The van der Waals surface area contributed by atoms with E-state index in [1.54, 1.807) is 18.2 Å². The van der Waals surface area contributed by atoms with Gasteiger partial charge in [-0.05, 0) is 31.0 Å². The summed E-state index contributed by atoms with van der Waals surface area (Å²) in [6.07, 6.45) is 2.22. The maximum atomic E-state index is 12.8. The molecule has 142 valence electrons. The predicted octanol–water partition coefficient (Wildman–Crippen LogP) is 2.04. The molecule has 2 fully saturated rings. The summed E-state index contributed by atoms with van der Waals surface area (Å²) in [6.45, 7) is 0.683. The van der Waals surface area contributed by atoms with Gasteiger partial charge in [-0.15, -0.1) is 0 Å². The van der Waals surface area contributed by atoms with Crippen LogP contribution in [0.3, 0.4) is 0 Å². The monoisotopic (exact) mass is 376 g/mol. The summed E-state index contributed by atoms with van der Waals surface area (Å²) in [5, 5.41) is 8.50. The smallest absolute Gasteiger partial charge is 0.270 e. The Balaban J connectivity index is 1.38. The third-order valence-corrected chi connectivity index (χ3v) is 5.35. The molecule has 2 atom stereocenters. The van der Waals surface area contributed by atoms with E-state index in [0.29, 0.717) is 24.8 Å². The number of nitrogens with zero attached hydrogens (tertiary/aromatic N) is 3. The van der Waals surface area contributed by atoms with E-state index in [2.05, 4.69) is 15.4 Å². The second-order valence-electron chi connectivity index (χ2n) is 7.39.